The molecule has 3 rings (SSSR count). The molecule has 0 fully saturated rings. The van der Waals surface area contributed by atoms with Gasteiger partial charge in [-0.1, -0.05) is 0 Å². The van der Waals surface area contributed by atoms with Crippen molar-refractivity contribution in [3.63, 3.8) is 0 Å². The van der Waals surface area contributed by atoms with Gasteiger partial charge in [-0.15, -0.1) is 0 Å². The van der Waals surface area contributed by atoms with Gasteiger partial charge in [0.25, 0.3) is 0 Å². The minimum absolute atomic E-state index is 0. The smallest absolute Gasteiger partial charge is 1.00 e. The first-order valence-electron chi connectivity index (χ1n) is 7.34. The normalized spacial score (nSPS) is 16.5. The Balaban J connectivity index is 0.00000132. The molecule has 1 aliphatic rings. The number of hydrogen-bond donors (Lipinski definition) is 0. The van der Waals surface area contributed by atoms with Crippen LogP contribution in [-0.2, 0) is 22.9 Å². The summed E-state index contributed by atoms with van der Waals surface area (Å²) in [6, 6.07) is 13.2. The van der Waals surface area contributed by atoms with Crippen molar-refractivity contribution in [2.24, 2.45) is 5.92 Å². The number of hydrogen-bond acceptors (Lipinski definition) is 1. The van der Waals surface area contributed by atoms with E-state index >= 15 is 0 Å². The summed E-state index contributed by atoms with van der Waals surface area (Å²) in [5, 5.41) is 2.67. The molecule has 0 saturated carbocycles. The fourth-order valence-electron chi connectivity index (χ4n) is 3.29. The summed E-state index contributed by atoms with van der Waals surface area (Å²) in [5.74, 6) is 0.494. The Morgan fingerprint density at radius 3 is 2.30 bits per heavy atom. The van der Waals surface area contributed by atoms with E-state index in [1.807, 2.05) is 7.11 Å². The van der Waals surface area contributed by atoms with Gasteiger partial charge in [0.05, 0.1) is 0 Å². The number of halogens is 2. The predicted molar refractivity (Wildman–Crippen MR) is 86.1 cm³/mol. The zero-order valence-corrected chi connectivity index (χ0v) is 16.9. The molecule has 0 N–H and O–H groups in total. The minimum Gasteiger partial charge on any atom is -1.00 e. The topological polar surface area (TPSA) is 9.23 Å². The van der Waals surface area contributed by atoms with Gasteiger partial charge in [-0.25, -0.2) is 0 Å². The SMILES string of the molecule is C[O][Ti+2][c]1c(C2=C(C)C(C)=CC2C)ccc2ccccc12.[Cl-].[Cl-]. The number of benzene rings is 2. The molecule has 0 heterocycles. The summed E-state index contributed by atoms with van der Waals surface area (Å²) in [6.45, 7) is 6.75. The molecule has 0 radical (unpaired) electrons. The van der Waals surface area contributed by atoms with Crippen LogP contribution in [0.1, 0.15) is 26.3 Å². The quantitative estimate of drug-likeness (QED) is 0.586. The summed E-state index contributed by atoms with van der Waals surface area (Å²) in [6.07, 6.45) is 2.37. The van der Waals surface area contributed by atoms with Crippen molar-refractivity contribution in [2.75, 3.05) is 7.11 Å². The van der Waals surface area contributed by atoms with E-state index in [1.165, 1.54) is 36.9 Å². The molecular formula is C19H20Cl2OTi. The molecule has 1 nitrogen and oxygen atoms in total. The molecule has 0 saturated heterocycles. The van der Waals surface area contributed by atoms with E-state index in [0.29, 0.717) is 5.92 Å². The van der Waals surface area contributed by atoms with Crippen LogP contribution in [0.3, 0.4) is 0 Å². The second-order valence-corrected chi connectivity index (χ2v) is 7.43. The first-order valence-corrected chi connectivity index (χ1v) is 8.76. The van der Waals surface area contributed by atoms with E-state index in [4.69, 9.17) is 3.32 Å². The third kappa shape index (κ3) is 3.75. The summed E-state index contributed by atoms with van der Waals surface area (Å²) in [5.41, 5.74) is 5.72. The molecule has 0 spiro atoms. The van der Waals surface area contributed by atoms with Gasteiger partial charge in [0.1, 0.15) is 0 Å². The summed E-state index contributed by atoms with van der Waals surface area (Å²) in [7, 11) is 1.83. The van der Waals surface area contributed by atoms with Crippen LogP contribution >= 0.6 is 0 Å². The third-order valence-electron chi connectivity index (χ3n) is 4.37. The Morgan fingerprint density at radius 2 is 1.70 bits per heavy atom. The molecule has 120 valence electrons. The molecule has 4 heteroatoms. The summed E-state index contributed by atoms with van der Waals surface area (Å²) < 4.78 is 7.05. The maximum atomic E-state index is 5.62. The van der Waals surface area contributed by atoms with Crippen LogP contribution in [0.5, 0.6) is 0 Å². The first-order chi connectivity index (χ1) is 10.1. The number of rotatable bonds is 3. The molecule has 0 amide bonds. The van der Waals surface area contributed by atoms with Crippen LogP contribution in [0, 0.1) is 5.92 Å². The van der Waals surface area contributed by atoms with Crippen LogP contribution < -0.4 is 28.7 Å². The van der Waals surface area contributed by atoms with Crippen molar-refractivity contribution in [1.29, 1.82) is 0 Å². The Labute approximate surface area is 160 Å². The molecule has 2 aromatic rings. The summed E-state index contributed by atoms with van der Waals surface area (Å²) >= 11 is -0.569. The van der Waals surface area contributed by atoms with Gasteiger partial charge in [0.15, 0.2) is 0 Å². The molecule has 1 atom stereocenters. The van der Waals surface area contributed by atoms with Crippen LogP contribution in [0.4, 0.5) is 0 Å². The molecule has 2 aromatic carbocycles. The monoisotopic (exact) mass is 382 g/mol. The Kier molecular flexibility index (Phi) is 7.58. The zero-order valence-electron chi connectivity index (χ0n) is 13.8. The van der Waals surface area contributed by atoms with E-state index in [2.05, 4.69) is 63.2 Å². The molecule has 0 bridgehead atoms. The molecule has 1 unspecified atom stereocenters. The van der Waals surface area contributed by atoms with E-state index in [-0.39, 0.29) is 24.8 Å². The van der Waals surface area contributed by atoms with Crippen molar-refractivity contribution in [3.05, 3.63) is 59.2 Å². The molecule has 23 heavy (non-hydrogen) atoms. The fraction of sp³-hybridized carbons (Fsp3) is 0.263. The predicted octanol–water partition coefficient (Wildman–Crippen LogP) is -1.51. The van der Waals surface area contributed by atoms with Crippen molar-refractivity contribution in [3.8, 4) is 0 Å². The van der Waals surface area contributed by atoms with Crippen LogP contribution in [0.2, 0.25) is 0 Å². The standard InChI is InChI=1S/C18H17.CH3O.2ClH.Ti/c1-12-10-13(2)18(14(12)3)17-9-8-15-6-4-5-7-16(15)11-17;1-2;;;/h4-10,13H,1-3H3;1H3;2*1H;/q;-1;;;+3/p-2. The molecule has 0 aliphatic heterocycles. The van der Waals surface area contributed by atoms with Crippen molar-refractivity contribution in [2.45, 2.75) is 20.8 Å². The van der Waals surface area contributed by atoms with Gasteiger partial charge in [-0.05, 0) is 0 Å². The second-order valence-electron chi connectivity index (χ2n) is 5.69. The average molecular weight is 383 g/mol. The van der Waals surface area contributed by atoms with Gasteiger partial charge in [0.2, 0.25) is 0 Å². The van der Waals surface area contributed by atoms with Gasteiger partial charge in [-0.2, -0.15) is 0 Å². The van der Waals surface area contributed by atoms with Crippen LogP contribution in [0.15, 0.2) is 53.6 Å². The summed E-state index contributed by atoms with van der Waals surface area (Å²) in [4.78, 5) is 0. The van der Waals surface area contributed by atoms with Crippen molar-refractivity contribution < 1.29 is 47.7 Å². The zero-order chi connectivity index (χ0) is 15.0. The molecule has 0 aromatic heterocycles. The fourth-order valence-corrected chi connectivity index (χ4v) is 4.65. The van der Waals surface area contributed by atoms with E-state index in [9.17, 15) is 0 Å². The maximum absolute atomic E-state index is 5.62. The third-order valence-corrected chi connectivity index (χ3v) is 5.85. The number of fused-ring (bicyclic) bond motifs is 1. The van der Waals surface area contributed by atoms with Crippen molar-refractivity contribution in [1.82, 2.24) is 0 Å². The first kappa shape index (κ1) is 20.5. The van der Waals surface area contributed by atoms with Crippen molar-refractivity contribution >= 4 is 20.2 Å². The Morgan fingerprint density at radius 1 is 1.00 bits per heavy atom. The number of allylic oxidation sites excluding steroid dienone is 4. The minimum atomic E-state index is -0.569. The van der Waals surface area contributed by atoms with Gasteiger partial charge >= 0.3 is 136 Å². The molecule has 1 aliphatic carbocycles. The second kappa shape index (κ2) is 8.51. The maximum Gasteiger partial charge on any atom is -1.00 e. The van der Waals surface area contributed by atoms with Crippen LogP contribution in [-0.4, -0.2) is 7.11 Å². The average Bonchev–Trinajstić information content (AvgIpc) is 2.73. The van der Waals surface area contributed by atoms with Crippen LogP contribution in [0.25, 0.3) is 16.3 Å². The van der Waals surface area contributed by atoms with E-state index < -0.39 is 19.5 Å². The molecular weight excluding hydrogens is 363 g/mol. The Hall–Kier alpha value is -0.566. The largest absolute Gasteiger partial charge is 1.00 e. The van der Waals surface area contributed by atoms with E-state index in [0.717, 1.165) is 0 Å². The Bertz CT molecular complexity index is 765. The van der Waals surface area contributed by atoms with Gasteiger partial charge in [0, 0.05) is 0 Å². The van der Waals surface area contributed by atoms with Gasteiger partial charge in [-0.3, -0.25) is 0 Å². The van der Waals surface area contributed by atoms with E-state index in [1.54, 1.807) is 0 Å². The van der Waals surface area contributed by atoms with Gasteiger partial charge < -0.3 is 24.8 Å².